The molecule has 0 spiro atoms. The van der Waals surface area contributed by atoms with E-state index in [4.69, 9.17) is 4.74 Å². The highest BCUT2D eigenvalue weighted by molar-refractivity contribution is 6.01. The van der Waals surface area contributed by atoms with Crippen LogP contribution in [0.15, 0.2) is 54.6 Å². The number of benzene rings is 2. The number of fused-ring (bicyclic) bond motifs is 1. The third kappa shape index (κ3) is 4.67. The fraction of sp³-hybridized carbons (Fsp3) is 0.407. The van der Waals surface area contributed by atoms with E-state index in [1.807, 2.05) is 42.5 Å². The molecule has 1 saturated carbocycles. The molecule has 1 aliphatic carbocycles. The van der Waals surface area contributed by atoms with Gasteiger partial charge in [0.2, 0.25) is 5.91 Å². The van der Waals surface area contributed by atoms with Crippen molar-refractivity contribution >= 4 is 28.4 Å². The monoisotopic (exact) mass is 445 g/mol. The summed E-state index contributed by atoms with van der Waals surface area (Å²) in [6, 6.07) is 17.9. The molecule has 1 aromatic heterocycles. The molecule has 2 N–H and O–H groups in total. The number of ether oxygens (including phenoxy) is 1. The van der Waals surface area contributed by atoms with E-state index in [-0.39, 0.29) is 23.3 Å². The Morgan fingerprint density at radius 3 is 2.61 bits per heavy atom. The van der Waals surface area contributed by atoms with Crippen LogP contribution >= 0.6 is 0 Å². The molecule has 3 aromatic rings. The molecule has 5 rings (SSSR count). The summed E-state index contributed by atoms with van der Waals surface area (Å²) in [6.07, 6.45) is 5.03. The van der Waals surface area contributed by atoms with Gasteiger partial charge in [0.1, 0.15) is 5.69 Å². The number of anilines is 1. The summed E-state index contributed by atoms with van der Waals surface area (Å²) in [7, 11) is 0. The van der Waals surface area contributed by atoms with E-state index in [2.05, 4.69) is 34.3 Å². The maximum Gasteiger partial charge on any atom is 0.268 e. The quantitative estimate of drug-likeness (QED) is 0.552. The Morgan fingerprint density at radius 2 is 1.91 bits per heavy atom. The number of rotatable bonds is 7. The van der Waals surface area contributed by atoms with Crippen molar-refractivity contribution in [3.05, 3.63) is 65.9 Å². The third-order valence-electron chi connectivity index (χ3n) is 6.98. The lowest BCUT2D eigenvalue weighted by Gasteiger charge is -2.24. The van der Waals surface area contributed by atoms with E-state index in [1.165, 1.54) is 0 Å². The van der Waals surface area contributed by atoms with Crippen LogP contribution in [0, 0.1) is 5.92 Å². The van der Waals surface area contributed by atoms with E-state index < -0.39 is 0 Å². The summed E-state index contributed by atoms with van der Waals surface area (Å²) in [4.78, 5) is 25.7. The molecule has 0 unspecified atom stereocenters. The van der Waals surface area contributed by atoms with Crippen LogP contribution in [0.5, 0.6) is 0 Å². The van der Waals surface area contributed by atoms with Crippen LogP contribution in [0.4, 0.5) is 5.69 Å². The summed E-state index contributed by atoms with van der Waals surface area (Å²) in [6.45, 7) is 3.88. The number of nitrogens with one attached hydrogen (secondary N) is 2. The van der Waals surface area contributed by atoms with E-state index >= 15 is 0 Å². The van der Waals surface area contributed by atoms with Gasteiger partial charge in [0.05, 0.1) is 5.60 Å². The highest BCUT2D eigenvalue weighted by Gasteiger charge is 2.31. The van der Waals surface area contributed by atoms with Crippen molar-refractivity contribution in [1.82, 2.24) is 9.88 Å². The van der Waals surface area contributed by atoms with Gasteiger partial charge in [-0.15, -0.1) is 0 Å². The SMILES string of the molecule is C[C@@]1(CNC(=O)c2cc3cc(NC(=O)C4CCC4)ccc3n2Cc2ccccc2)CCCO1. The predicted molar refractivity (Wildman–Crippen MR) is 129 cm³/mol. The van der Waals surface area contributed by atoms with Crippen molar-refractivity contribution in [2.75, 3.05) is 18.5 Å². The summed E-state index contributed by atoms with van der Waals surface area (Å²) in [5.41, 5.74) is 3.17. The molecule has 1 atom stereocenters. The zero-order valence-electron chi connectivity index (χ0n) is 19.1. The summed E-state index contributed by atoms with van der Waals surface area (Å²) in [5, 5.41) is 7.07. The standard InChI is InChI=1S/C27H31N3O3/c1-27(13-6-14-33-27)18-28-26(32)24-16-21-15-22(29-25(31)20-9-5-10-20)11-12-23(21)30(24)17-19-7-3-2-4-8-19/h2-4,7-8,11-12,15-16,20H,5-6,9-10,13-14,17-18H2,1H3,(H,28,32)(H,29,31)/t27-/m0/s1. The molecule has 33 heavy (non-hydrogen) atoms. The predicted octanol–water partition coefficient (Wildman–Crippen LogP) is 4.73. The third-order valence-corrected chi connectivity index (χ3v) is 6.98. The second-order valence-corrected chi connectivity index (χ2v) is 9.58. The Kier molecular flexibility index (Phi) is 5.94. The van der Waals surface area contributed by atoms with Gasteiger partial charge in [-0.3, -0.25) is 9.59 Å². The van der Waals surface area contributed by atoms with Gasteiger partial charge < -0.3 is 19.9 Å². The zero-order chi connectivity index (χ0) is 22.8. The zero-order valence-corrected chi connectivity index (χ0v) is 19.1. The molecule has 6 nitrogen and oxygen atoms in total. The second-order valence-electron chi connectivity index (χ2n) is 9.58. The number of carbonyl (C=O) groups excluding carboxylic acids is 2. The molecule has 172 valence electrons. The second kappa shape index (κ2) is 9.02. The Balaban J connectivity index is 1.43. The summed E-state index contributed by atoms with van der Waals surface area (Å²) in [5.74, 6) is 0.106. The molecule has 0 bridgehead atoms. The molecular formula is C27H31N3O3. The topological polar surface area (TPSA) is 72.4 Å². The van der Waals surface area contributed by atoms with Gasteiger partial charge in [0.15, 0.2) is 0 Å². The van der Waals surface area contributed by atoms with Crippen LogP contribution in [0.3, 0.4) is 0 Å². The van der Waals surface area contributed by atoms with Crippen LogP contribution in [0.2, 0.25) is 0 Å². The van der Waals surface area contributed by atoms with E-state index in [0.29, 0.717) is 18.8 Å². The normalized spacial score (nSPS) is 20.5. The van der Waals surface area contributed by atoms with Crippen LogP contribution in [-0.4, -0.2) is 35.1 Å². The molecule has 2 aromatic carbocycles. The molecule has 2 aliphatic rings. The van der Waals surface area contributed by atoms with Crippen molar-refractivity contribution in [3.8, 4) is 0 Å². The smallest absolute Gasteiger partial charge is 0.268 e. The van der Waals surface area contributed by atoms with Crippen molar-refractivity contribution in [2.24, 2.45) is 5.92 Å². The minimum absolute atomic E-state index is 0.0899. The molecule has 2 heterocycles. The molecule has 6 heteroatoms. The molecular weight excluding hydrogens is 414 g/mol. The molecule has 0 radical (unpaired) electrons. The minimum atomic E-state index is -0.301. The lowest BCUT2D eigenvalue weighted by molar-refractivity contribution is -0.122. The maximum atomic E-state index is 13.3. The van der Waals surface area contributed by atoms with Gasteiger partial charge >= 0.3 is 0 Å². The fourth-order valence-corrected chi connectivity index (χ4v) is 4.72. The van der Waals surface area contributed by atoms with Crippen LogP contribution in [0.1, 0.15) is 55.1 Å². The van der Waals surface area contributed by atoms with Gasteiger partial charge in [-0.05, 0) is 62.4 Å². The highest BCUT2D eigenvalue weighted by Crippen LogP contribution is 2.30. The van der Waals surface area contributed by atoms with E-state index in [9.17, 15) is 9.59 Å². The first-order valence-electron chi connectivity index (χ1n) is 11.9. The number of aromatic nitrogens is 1. The molecule has 1 aliphatic heterocycles. The van der Waals surface area contributed by atoms with Gasteiger partial charge in [-0.2, -0.15) is 0 Å². The number of amides is 2. The van der Waals surface area contributed by atoms with Crippen LogP contribution < -0.4 is 10.6 Å². The number of nitrogens with zero attached hydrogens (tertiary/aromatic N) is 1. The first kappa shape index (κ1) is 21.7. The summed E-state index contributed by atoms with van der Waals surface area (Å²) >= 11 is 0. The van der Waals surface area contributed by atoms with Gasteiger partial charge in [0.25, 0.3) is 5.91 Å². The van der Waals surface area contributed by atoms with Crippen molar-refractivity contribution in [3.63, 3.8) is 0 Å². The number of hydrogen-bond donors (Lipinski definition) is 2. The van der Waals surface area contributed by atoms with Crippen molar-refractivity contribution in [1.29, 1.82) is 0 Å². The number of hydrogen-bond acceptors (Lipinski definition) is 3. The van der Waals surface area contributed by atoms with Crippen LogP contribution in [-0.2, 0) is 16.1 Å². The average molecular weight is 446 g/mol. The lowest BCUT2D eigenvalue weighted by atomic mass is 9.85. The number of carbonyl (C=O) groups is 2. The van der Waals surface area contributed by atoms with Crippen molar-refractivity contribution < 1.29 is 14.3 Å². The minimum Gasteiger partial charge on any atom is -0.373 e. The van der Waals surface area contributed by atoms with E-state index in [1.54, 1.807) is 0 Å². The Morgan fingerprint density at radius 1 is 1.09 bits per heavy atom. The maximum absolute atomic E-state index is 13.3. The highest BCUT2D eigenvalue weighted by atomic mass is 16.5. The van der Waals surface area contributed by atoms with Gasteiger partial charge in [-0.25, -0.2) is 0 Å². The first-order chi connectivity index (χ1) is 16.0. The first-order valence-corrected chi connectivity index (χ1v) is 11.9. The molecule has 2 amide bonds. The summed E-state index contributed by atoms with van der Waals surface area (Å²) < 4.78 is 7.89. The molecule has 2 fully saturated rings. The van der Waals surface area contributed by atoms with Crippen LogP contribution in [0.25, 0.3) is 10.9 Å². The lowest BCUT2D eigenvalue weighted by Crippen LogP contribution is -2.40. The largest absolute Gasteiger partial charge is 0.373 e. The average Bonchev–Trinajstić information content (AvgIpc) is 3.36. The van der Waals surface area contributed by atoms with Gasteiger partial charge in [0, 0.05) is 42.2 Å². The molecule has 1 saturated heterocycles. The fourth-order valence-electron chi connectivity index (χ4n) is 4.72. The van der Waals surface area contributed by atoms with Gasteiger partial charge in [-0.1, -0.05) is 36.8 Å². The Hall–Kier alpha value is -3.12. The Labute approximate surface area is 194 Å². The van der Waals surface area contributed by atoms with Crippen molar-refractivity contribution in [2.45, 2.75) is 51.2 Å². The van der Waals surface area contributed by atoms with E-state index in [0.717, 1.165) is 60.9 Å². The Bertz CT molecular complexity index is 1160.